The van der Waals surface area contributed by atoms with Crippen LogP contribution in [0.4, 0.5) is 0 Å². The first kappa shape index (κ1) is 36.6. The highest BCUT2D eigenvalue weighted by Gasteiger charge is 2.18. The number of unbranched alkanes of at least 4 members (excludes halogenated alkanes) is 10. The Morgan fingerprint density at radius 2 is 0.950 bits per heavy atom. The van der Waals surface area contributed by atoms with Gasteiger partial charge in [0.25, 0.3) is 0 Å². The van der Waals surface area contributed by atoms with E-state index in [1.807, 2.05) is 36.4 Å². The van der Waals surface area contributed by atoms with Gasteiger partial charge in [0.05, 0.1) is 30.6 Å². The van der Waals surface area contributed by atoms with Gasteiger partial charge in [-0.2, -0.15) is 0 Å². The summed E-state index contributed by atoms with van der Waals surface area (Å²) in [5.41, 5.74) is 0.586. The molecule has 6 heteroatoms. The minimum atomic E-state index is -0.444. The Bertz CT molecular complexity index is 834. The number of carbonyl (C=O) groups excluding carboxylic acids is 3. The Balaban J connectivity index is 0.00000104. The molecule has 2 aromatic rings. The van der Waals surface area contributed by atoms with Crippen LogP contribution in [0.2, 0.25) is 0 Å². The van der Waals surface area contributed by atoms with Gasteiger partial charge in [-0.15, -0.1) is 0 Å². The van der Waals surface area contributed by atoms with Crippen LogP contribution in [0.15, 0.2) is 73.5 Å². The van der Waals surface area contributed by atoms with Crippen molar-refractivity contribution in [3.63, 3.8) is 0 Å². The second-order valence-corrected chi connectivity index (χ2v) is 9.28. The van der Waals surface area contributed by atoms with Crippen molar-refractivity contribution in [1.29, 1.82) is 0 Å². The van der Waals surface area contributed by atoms with Crippen molar-refractivity contribution in [1.82, 2.24) is 0 Å². The summed E-state index contributed by atoms with van der Waals surface area (Å²) in [4.78, 5) is 34.5. The molecular formula is C34H50O6. The quantitative estimate of drug-likeness (QED) is 0.0840. The highest BCUT2D eigenvalue weighted by molar-refractivity contribution is 6.03. The van der Waals surface area contributed by atoms with E-state index in [4.69, 9.17) is 9.47 Å². The first-order chi connectivity index (χ1) is 19.5. The fraction of sp³-hybridized carbons (Fsp3) is 0.500. The van der Waals surface area contributed by atoms with Crippen LogP contribution in [0.1, 0.15) is 119 Å². The molecule has 0 N–H and O–H groups in total. The average molecular weight is 555 g/mol. The van der Waals surface area contributed by atoms with Gasteiger partial charge in [0.2, 0.25) is 0 Å². The van der Waals surface area contributed by atoms with Gasteiger partial charge in [-0.05, 0) is 25.0 Å². The maximum atomic E-state index is 12.4. The number of carbonyl (C=O) groups is 3. The predicted molar refractivity (Wildman–Crippen MR) is 162 cm³/mol. The minimum absolute atomic E-state index is 0.293. The Morgan fingerprint density at radius 1 is 0.600 bits per heavy atom. The molecule has 2 aromatic carbocycles. The van der Waals surface area contributed by atoms with Gasteiger partial charge >= 0.3 is 17.9 Å². The Hall–Kier alpha value is -3.41. The largest absolute Gasteiger partial charge is 0.462 e. The minimum Gasteiger partial charge on any atom is -0.462 e. The van der Waals surface area contributed by atoms with Crippen molar-refractivity contribution < 1.29 is 28.6 Å². The fourth-order valence-electron chi connectivity index (χ4n) is 3.59. The molecule has 0 saturated heterocycles. The molecule has 0 aliphatic rings. The van der Waals surface area contributed by atoms with E-state index in [1.165, 1.54) is 58.3 Å². The predicted octanol–water partition coefficient (Wildman–Crippen LogP) is 9.10. The highest BCUT2D eigenvalue weighted by atomic mass is 16.5. The van der Waals surface area contributed by atoms with Crippen LogP contribution >= 0.6 is 0 Å². The molecule has 0 unspecified atom stereocenters. The second kappa shape index (κ2) is 27.2. The second-order valence-electron chi connectivity index (χ2n) is 9.28. The number of esters is 3. The van der Waals surface area contributed by atoms with E-state index in [0.717, 1.165) is 31.9 Å². The number of ether oxygens (including phenoxy) is 3. The lowest BCUT2D eigenvalue weighted by Crippen LogP contribution is -2.15. The third-order valence-electron chi connectivity index (χ3n) is 5.74. The lowest BCUT2D eigenvalue weighted by molar-refractivity contribution is -0.135. The van der Waals surface area contributed by atoms with Crippen molar-refractivity contribution >= 4 is 17.9 Å². The smallest absolute Gasteiger partial charge is 0.339 e. The molecule has 222 valence electrons. The molecule has 0 spiro atoms. The molecule has 0 bridgehead atoms. The summed E-state index contributed by atoms with van der Waals surface area (Å²) in [6.07, 6.45) is 14.7. The summed E-state index contributed by atoms with van der Waals surface area (Å²) < 4.78 is 14.9. The number of benzene rings is 2. The van der Waals surface area contributed by atoms with Crippen LogP contribution in [-0.4, -0.2) is 31.1 Å². The average Bonchev–Trinajstić information content (AvgIpc) is 2.97. The number of rotatable bonds is 17. The molecule has 6 nitrogen and oxygen atoms in total. The maximum Gasteiger partial charge on any atom is 0.339 e. The van der Waals surface area contributed by atoms with E-state index in [2.05, 4.69) is 25.2 Å². The molecule has 2 rings (SSSR count). The summed E-state index contributed by atoms with van der Waals surface area (Å²) in [7, 11) is 0. The molecule has 0 saturated carbocycles. The zero-order valence-corrected chi connectivity index (χ0v) is 24.9. The molecule has 40 heavy (non-hydrogen) atoms. The lowest BCUT2D eigenvalue weighted by Gasteiger charge is -2.10. The van der Waals surface area contributed by atoms with E-state index in [-0.39, 0.29) is 5.97 Å². The molecule has 0 heterocycles. The zero-order valence-electron chi connectivity index (χ0n) is 24.9. The van der Waals surface area contributed by atoms with E-state index in [9.17, 15) is 14.4 Å². The summed E-state index contributed by atoms with van der Waals surface area (Å²) in [6.45, 7) is 9.65. The van der Waals surface area contributed by atoms with Gasteiger partial charge in [-0.1, -0.05) is 133 Å². The third-order valence-corrected chi connectivity index (χ3v) is 5.74. The van der Waals surface area contributed by atoms with Gasteiger partial charge < -0.3 is 14.2 Å². The topological polar surface area (TPSA) is 78.9 Å². The zero-order chi connectivity index (χ0) is 29.7. The SMILES string of the molecule is C=COC(C)=O.CCCCCCCCOC(=O)c1ccccc1C(=O)OCCCCCCCC.c1ccccc1. The van der Waals surface area contributed by atoms with Crippen LogP contribution in [-0.2, 0) is 19.0 Å². The van der Waals surface area contributed by atoms with Gasteiger partial charge in [0.1, 0.15) is 0 Å². The summed E-state index contributed by atoms with van der Waals surface area (Å²) in [5.74, 6) is -1.22. The molecule has 0 aliphatic carbocycles. The van der Waals surface area contributed by atoms with Crippen molar-refractivity contribution in [2.24, 2.45) is 0 Å². The molecule has 0 fully saturated rings. The maximum absolute atomic E-state index is 12.4. The number of hydrogen-bond donors (Lipinski definition) is 0. The van der Waals surface area contributed by atoms with Crippen molar-refractivity contribution in [2.45, 2.75) is 97.8 Å². The van der Waals surface area contributed by atoms with Gasteiger partial charge in [0, 0.05) is 6.92 Å². The van der Waals surface area contributed by atoms with Crippen LogP contribution in [0.3, 0.4) is 0 Å². The third kappa shape index (κ3) is 21.5. The summed E-state index contributed by atoms with van der Waals surface area (Å²) in [5, 5.41) is 0. The monoisotopic (exact) mass is 554 g/mol. The van der Waals surface area contributed by atoms with E-state index < -0.39 is 11.9 Å². The van der Waals surface area contributed by atoms with Crippen LogP contribution in [0.25, 0.3) is 0 Å². The van der Waals surface area contributed by atoms with E-state index >= 15 is 0 Å². The Kier molecular flexibility index (Phi) is 24.9. The first-order valence-electron chi connectivity index (χ1n) is 14.7. The van der Waals surface area contributed by atoms with Crippen molar-refractivity contribution in [3.8, 4) is 0 Å². The number of hydrogen-bond acceptors (Lipinski definition) is 6. The van der Waals surface area contributed by atoms with Gasteiger partial charge in [0.15, 0.2) is 0 Å². The molecule has 0 atom stereocenters. The molecular weight excluding hydrogens is 504 g/mol. The van der Waals surface area contributed by atoms with Crippen LogP contribution in [0, 0.1) is 0 Å². The standard InChI is InChI=1S/C24H38O4.C6H6.C4H6O2/c1-3-5-7-9-11-15-19-27-23(25)21-17-13-14-18-22(21)24(26)28-20-16-12-10-8-6-4-2;1-2-4-6-5-3-1;1-3-6-4(2)5/h13-14,17-18H,3-12,15-16,19-20H2,1-2H3;1-6H;3H,1H2,2H3. The molecule has 0 amide bonds. The summed E-state index contributed by atoms with van der Waals surface area (Å²) >= 11 is 0. The summed E-state index contributed by atoms with van der Waals surface area (Å²) in [6, 6.07) is 18.7. The van der Waals surface area contributed by atoms with E-state index in [1.54, 1.807) is 24.3 Å². The first-order valence-corrected chi connectivity index (χ1v) is 14.7. The lowest BCUT2D eigenvalue weighted by atomic mass is 10.1. The molecule has 0 aliphatic heterocycles. The highest BCUT2D eigenvalue weighted by Crippen LogP contribution is 2.14. The molecule has 0 radical (unpaired) electrons. The van der Waals surface area contributed by atoms with Gasteiger partial charge in [-0.25, -0.2) is 9.59 Å². The molecule has 0 aromatic heterocycles. The van der Waals surface area contributed by atoms with E-state index in [0.29, 0.717) is 24.3 Å². The fourth-order valence-corrected chi connectivity index (χ4v) is 3.59. The van der Waals surface area contributed by atoms with Crippen LogP contribution < -0.4 is 0 Å². The van der Waals surface area contributed by atoms with Crippen molar-refractivity contribution in [3.05, 3.63) is 84.6 Å². The Morgan fingerprint density at radius 3 is 1.25 bits per heavy atom. The van der Waals surface area contributed by atoms with Crippen molar-refractivity contribution in [2.75, 3.05) is 13.2 Å². The Labute approximate surface area is 242 Å². The normalized spacial score (nSPS) is 9.68. The van der Waals surface area contributed by atoms with Crippen LogP contribution in [0.5, 0.6) is 0 Å². The van der Waals surface area contributed by atoms with Gasteiger partial charge in [-0.3, -0.25) is 4.79 Å².